The van der Waals surface area contributed by atoms with Crippen LogP contribution in [-0.4, -0.2) is 269 Å². The lowest BCUT2D eigenvalue weighted by atomic mass is 9.99. The molecule has 0 bridgehead atoms. The number of fused-ring (bicyclic) bond motifs is 4. The molecule has 14 atom stereocenters. The second-order valence-electron chi connectivity index (χ2n) is 25.1. The molecule has 4 aromatic carbocycles. The first kappa shape index (κ1) is 77.1. The number of carboxylic acid groups (broad SMARTS) is 1. The highest BCUT2D eigenvalue weighted by Crippen LogP contribution is 2.45. The van der Waals surface area contributed by atoms with Crippen LogP contribution in [0.2, 0.25) is 0 Å². The van der Waals surface area contributed by atoms with E-state index in [1.165, 1.54) is 91.8 Å². The minimum atomic E-state index is -2.04. The zero-order valence-electron chi connectivity index (χ0n) is 56.7. The number of carbonyl (C=O) groups is 7. The maximum Gasteiger partial charge on any atom is 0.416 e. The molecule has 10 rings (SSSR count). The van der Waals surface area contributed by atoms with Gasteiger partial charge in [0, 0.05) is 45.4 Å². The largest absolute Gasteiger partial charge is 0.493 e. The van der Waals surface area contributed by atoms with Gasteiger partial charge in [-0.25, -0.2) is 30.1 Å². The number of hydrogen-bond donors (Lipinski definition) is 13. The molecule has 36 heteroatoms. The first-order valence-electron chi connectivity index (χ1n) is 32.9. The van der Waals surface area contributed by atoms with Gasteiger partial charge in [0.05, 0.1) is 93.0 Å². The highest BCUT2D eigenvalue weighted by atomic mass is 16.7. The Morgan fingerprint density at radius 1 is 0.558 bits per heavy atom. The summed E-state index contributed by atoms with van der Waals surface area (Å²) in [5.74, 6) is 0.653. The molecule has 0 saturated carbocycles. The number of methoxy groups -OCH3 is 3. The van der Waals surface area contributed by atoms with Crippen molar-refractivity contribution < 1.29 is 142 Å². The summed E-state index contributed by atoms with van der Waals surface area (Å²) in [6.07, 6.45) is -22.5. The van der Waals surface area contributed by atoms with E-state index in [2.05, 4.69) is 28.6 Å². The Kier molecular flexibility index (Phi) is 25.2. The number of unbranched alkanes of at least 4 members (excludes halogenated alkanes) is 2. The van der Waals surface area contributed by atoms with Crippen LogP contribution >= 0.6 is 0 Å². The number of benzene rings is 4. The van der Waals surface area contributed by atoms with Crippen molar-refractivity contribution in [2.75, 3.05) is 90.3 Å². The SMILES string of the molecule is C=C1C[C@H]2C(O)N(C(=O)OCc3ccc(O[C@@H]4O[C@H](C(=O)O)[C@H](O)[C@H](O)[C@H]4O)c(C(=O)NCCON)c3)c3cc(OCCCCCOc4cc5c(cc4OC)C(=O)N4CC(=C)C[C@H]4C(O)N5C(=O)OCc4ccc(O[C@@H]5O[C@H](CO)[C@H](O)[C@H](O)[C@H]5O)c(C(=O)NCCOC)c4)c(OC)cc3C(=O)N2C1. The fraction of sp³-hybridized carbons (Fsp3) is 0.485. The van der Waals surface area contributed by atoms with E-state index in [-0.39, 0.29) is 145 Å². The monoisotopic (exact) mass is 1460 g/mol. The predicted molar refractivity (Wildman–Crippen MR) is 354 cm³/mol. The van der Waals surface area contributed by atoms with E-state index in [1.807, 2.05) is 0 Å². The summed E-state index contributed by atoms with van der Waals surface area (Å²) in [6, 6.07) is 11.3. The van der Waals surface area contributed by atoms with Gasteiger partial charge < -0.3 is 128 Å². The van der Waals surface area contributed by atoms with Crippen molar-refractivity contribution >= 4 is 53.2 Å². The zero-order valence-corrected chi connectivity index (χ0v) is 56.7. The summed E-state index contributed by atoms with van der Waals surface area (Å²) >= 11 is 0. The molecule has 4 saturated heterocycles. The van der Waals surface area contributed by atoms with Gasteiger partial charge in [-0.15, -0.1) is 0 Å². The molecule has 104 heavy (non-hydrogen) atoms. The minimum Gasteiger partial charge on any atom is -0.493 e. The number of rotatable bonds is 28. The maximum atomic E-state index is 14.5. The van der Waals surface area contributed by atoms with E-state index in [0.29, 0.717) is 30.4 Å². The smallest absolute Gasteiger partial charge is 0.416 e. The van der Waals surface area contributed by atoms with Crippen molar-refractivity contribution in [3.63, 3.8) is 0 Å². The lowest BCUT2D eigenvalue weighted by Crippen LogP contribution is -2.61. The summed E-state index contributed by atoms with van der Waals surface area (Å²) in [5.41, 5.74) is 0.813. The molecule has 0 aromatic heterocycles. The standard InChI is InChI=1S/C68H83N7O29/c1-32-19-42-62(87)74(67(91)98-30-34-9-11-44(38(21-34)58(83)70-13-17-93-3)101-65-55(81)52(78)51(77)50(29-76)103-65)40-25-48(46(94-4)23-36(40)60(85)72(42)27-32)96-15-7-6-8-16-97-49-26-41-37(24-47(49)95-5)61(86)73-28-33(2)20-43(73)63(88)75(41)68(92)99-31-35-10-12-45(39(22-35)59(84)71-14-18-100-69)102-66-56(82)53(79)54(80)57(104-66)64(89)90/h9-12,21-26,42-43,50-57,62-63,65-66,76-82,87-88H,1-2,6-8,13-20,27-31,69H2,3-5H3,(H,70,83)(H,71,84)(H,89,90)/t42-,43-,50+,51-,52-,53-,54+,55+,56+,57-,62?,63?,65+,66+/m0/s1. The van der Waals surface area contributed by atoms with Gasteiger partial charge in [-0.05, 0) is 79.6 Å². The molecule has 6 amide bonds. The van der Waals surface area contributed by atoms with Gasteiger partial charge in [0.15, 0.2) is 41.6 Å². The third-order valence-corrected chi connectivity index (χ3v) is 18.1. The van der Waals surface area contributed by atoms with E-state index in [9.17, 15) is 84.6 Å². The number of hydrogen-bond acceptors (Lipinski definition) is 29. The van der Waals surface area contributed by atoms with Crippen LogP contribution < -0.4 is 54.8 Å². The number of anilines is 2. The van der Waals surface area contributed by atoms with E-state index in [1.54, 1.807) is 0 Å². The third kappa shape index (κ3) is 16.5. The molecule has 564 valence electrons. The van der Waals surface area contributed by atoms with E-state index < -0.39 is 148 Å². The fourth-order valence-corrected chi connectivity index (χ4v) is 12.7. The molecule has 14 N–H and O–H groups in total. The first-order valence-corrected chi connectivity index (χ1v) is 32.9. The molecule has 4 aromatic rings. The van der Waals surface area contributed by atoms with Crippen LogP contribution in [0.15, 0.2) is 85.0 Å². The highest BCUT2D eigenvalue weighted by molar-refractivity contribution is 6.07. The number of carbonyl (C=O) groups excluding carboxylic acids is 6. The molecular weight excluding hydrogens is 1380 g/mol. The number of nitrogens with two attached hydrogens (primary N) is 1. The summed E-state index contributed by atoms with van der Waals surface area (Å²) in [6.45, 7) is 6.30. The highest BCUT2D eigenvalue weighted by Gasteiger charge is 2.51. The fourth-order valence-electron chi connectivity index (χ4n) is 12.7. The second-order valence-corrected chi connectivity index (χ2v) is 25.1. The number of nitrogens with zero attached hydrogens (tertiary/aromatic N) is 4. The van der Waals surface area contributed by atoms with Crippen LogP contribution in [0.3, 0.4) is 0 Å². The van der Waals surface area contributed by atoms with E-state index in [0.717, 1.165) is 9.80 Å². The number of ether oxygens (including phenoxy) is 11. The zero-order chi connectivity index (χ0) is 75.0. The van der Waals surface area contributed by atoms with Crippen molar-refractivity contribution in [1.82, 2.24) is 20.4 Å². The van der Waals surface area contributed by atoms with Crippen LogP contribution in [0.25, 0.3) is 0 Å². The molecule has 6 heterocycles. The molecule has 0 aliphatic carbocycles. The number of aliphatic hydroxyl groups is 9. The van der Waals surface area contributed by atoms with Gasteiger partial charge in [0.2, 0.25) is 12.6 Å². The molecule has 2 unspecified atom stereocenters. The molecule has 4 fully saturated rings. The summed E-state index contributed by atoms with van der Waals surface area (Å²) in [4.78, 5) is 106. The first-order chi connectivity index (χ1) is 49.8. The molecule has 6 aliphatic rings. The van der Waals surface area contributed by atoms with Crippen molar-refractivity contribution in [2.45, 2.75) is 131 Å². The molecule has 6 aliphatic heterocycles. The lowest BCUT2D eigenvalue weighted by molar-refractivity contribution is -0.277. The van der Waals surface area contributed by atoms with E-state index >= 15 is 0 Å². The maximum absolute atomic E-state index is 14.5. The summed E-state index contributed by atoms with van der Waals surface area (Å²) in [5, 5.41) is 111. The van der Waals surface area contributed by atoms with E-state index in [4.69, 9.17) is 58.0 Å². The Bertz CT molecular complexity index is 3860. The number of aliphatic hydroxyl groups excluding tert-OH is 9. The third-order valence-electron chi connectivity index (χ3n) is 18.1. The van der Waals surface area contributed by atoms with Crippen molar-refractivity contribution in [1.29, 1.82) is 0 Å². The van der Waals surface area contributed by atoms with Crippen LogP contribution in [-0.2, 0) is 46.5 Å². The van der Waals surface area contributed by atoms with Crippen molar-refractivity contribution in [3.05, 3.63) is 118 Å². The normalized spacial score (nSPS) is 25.7. The number of amides is 6. The van der Waals surface area contributed by atoms with Crippen LogP contribution in [0.1, 0.15) is 84.7 Å². The van der Waals surface area contributed by atoms with Crippen LogP contribution in [0.5, 0.6) is 34.5 Å². The average Bonchev–Trinajstić information content (AvgIpc) is 1.55. The Morgan fingerprint density at radius 2 is 1.01 bits per heavy atom. The Hall–Kier alpha value is -9.51. The van der Waals surface area contributed by atoms with Gasteiger partial charge in [-0.1, -0.05) is 36.4 Å². The molecule has 0 radical (unpaired) electrons. The lowest BCUT2D eigenvalue weighted by Gasteiger charge is -2.39. The number of carboxylic acids is 1. The minimum absolute atomic E-state index is 0.0281. The quantitative estimate of drug-likeness (QED) is 0.0189. The number of aliphatic carboxylic acids is 1. The Morgan fingerprint density at radius 3 is 1.44 bits per heavy atom. The predicted octanol–water partition coefficient (Wildman–Crippen LogP) is -0.730. The summed E-state index contributed by atoms with van der Waals surface area (Å²) in [7, 11) is 4.12. The van der Waals surface area contributed by atoms with Crippen LogP contribution in [0, 0.1) is 0 Å². The molecule has 0 spiro atoms. The Labute approximate surface area is 593 Å². The van der Waals surface area contributed by atoms with Gasteiger partial charge in [-0.2, -0.15) is 0 Å². The molecule has 36 nitrogen and oxygen atoms in total. The van der Waals surface area contributed by atoms with Gasteiger partial charge in [-0.3, -0.25) is 19.2 Å². The topological polar surface area (TPSA) is 496 Å². The Balaban J connectivity index is 0.822. The van der Waals surface area contributed by atoms with Gasteiger partial charge in [0.25, 0.3) is 23.6 Å². The van der Waals surface area contributed by atoms with Crippen LogP contribution in [0.4, 0.5) is 21.0 Å². The van der Waals surface area contributed by atoms with Gasteiger partial charge in [0.1, 0.15) is 67.4 Å². The van der Waals surface area contributed by atoms with Crippen molar-refractivity contribution in [2.24, 2.45) is 5.90 Å². The average molecular weight is 1460 g/mol. The van der Waals surface area contributed by atoms with Crippen molar-refractivity contribution in [3.8, 4) is 34.5 Å². The second kappa shape index (κ2) is 33.9. The number of nitrogens with one attached hydrogen (secondary N) is 2. The molecular formula is C68H83N7O29. The van der Waals surface area contributed by atoms with Gasteiger partial charge >= 0.3 is 18.2 Å². The summed E-state index contributed by atoms with van der Waals surface area (Å²) < 4.78 is 62.9.